The van der Waals surface area contributed by atoms with Gasteiger partial charge in [-0.2, -0.15) is 0 Å². The van der Waals surface area contributed by atoms with Crippen LogP contribution < -0.4 is 16.2 Å². The average Bonchev–Trinajstić information content (AvgIpc) is 2.30. The molecule has 0 amide bonds. The zero-order valence-electron chi connectivity index (χ0n) is 9.80. The summed E-state index contributed by atoms with van der Waals surface area (Å²) in [5.41, 5.74) is 6.89. The van der Waals surface area contributed by atoms with Gasteiger partial charge in [-0.1, -0.05) is 17.7 Å². The molecule has 0 radical (unpaired) electrons. The monoisotopic (exact) mass is 297 g/mol. The Balaban J connectivity index is 2.46. The van der Waals surface area contributed by atoms with Gasteiger partial charge in [0.25, 0.3) is 0 Å². The normalized spacial score (nSPS) is 11.3. The first-order valence-corrected chi connectivity index (χ1v) is 7.23. The Labute approximate surface area is 116 Å². The zero-order valence-corrected chi connectivity index (χ0v) is 11.4. The first-order chi connectivity index (χ1) is 8.86. The van der Waals surface area contributed by atoms with Crippen LogP contribution in [0.5, 0.6) is 0 Å². The minimum absolute atomic E-state index is 0.0625. The van der Waals surface area contributed by atoms with Crippen molar-refractivity contribution in [1.29, 1.82) is 0 Å². The minimum Gasteiger partial charge on any atom is -0.399 e. The lowest BCUT2D eigenvalue weighted by atomic mass is 10.2. The first-order valence-electron chi connectivity index (χ1n) is 5.31. The van der Waals surface area contributed by atoms with Crippen molar-refractivity contribution in [2.75, 3.05) is 11.1 Å². The standard InChI is InChI=1S/C12H12ClN3O2S/c13-8-2-1-3-10(6-8)16-11-5-4-9(14)7-12(11)19(15,17)18/h1-7,16H,14H2,(H2,15,17,18). The molecule has 0 aliphatic rings. The van der Waals surface area contributed by atoms with Gasteiger partial charge in [-0.05, 0) is 36.4 Å². The van der Waals surface area contributed by atoms with Crippen molar-refractivity contribution >= 4 is 38.7 Å². The van der Waals surface area contributed by atoms with E-state index < -0.39 is 10.0 Å². The molecule has 0 aliphatic heterocycles. The summed E-state index contributed by atoms with van der Waals surface area (Å²) in [6, 6.07) is 11.3. The van der Waals surface area contributed by atoms with E-state index >= 15 is 0 Å². The summed E-state index contributed by atoms with van der Waals surface area (Å²) < 4.78 is 23.0. The Bertz CT molecular complexity index is 717. The number of hydrogen-bond acceptors (Lipinski definition) is 4. The fraction of sp³-hybridized carbons (Fsp3) is 0. The first kappa shape index (κ1) is 13.7. The third kappa shape index (κ3) is 3.37. The van der Waals surface area contributed by atoms with Crippen molar-refractivity contribution in [3.05, 3.63) is 47.5 Å². The number of benzene rings is 2. The summed E-state index contributed by atoms with van der Waals surface area (Å²) in [4.78, 5) is -0.0625. The van der Waals surface area contributed by atoms with Crippen molar-refractivity contribution in [2.45, 2.75) is 4.90 Å². The fourth-order valence-electron chi connectivity index (χ4n) is 1.60. The molecular formula is C12H12ClN3O2S. The molecule has 100 valence electrons. The Kier molecular flexibility index (Phi) is 3.66. The lowest BCUT2D eigenvalue weighted by Gasteiger charge is -2.11. The molecule has 7 heteroatoms. The van der Waals surface area contributed by atoms with Gasteiger partial charge in [-0.15, -0.1) is 0 Å². The summed E-state index contributed by atoms with van der Waals surface area (Å²) in [6.07, 6.45) is 0. The second kappa shape index (κ2) is 5.08. The third-order valence-electron chi connectivity index (χ3n) is 2.42. The van der Waals surface area contributed by atoms with E-state index in [0.29, 0.717) is 22.1 Å². The van der Waals surface area contributed by atoms with Crippen molar-refractivity contribution in [1.82, 2.24) is 0 Å². The molecular weight excluding hydrogens is 286 g/mol. The average molecular weight is 298 g/mol. The Hall–Kier alpha value is -1.76. The van der Waals surface area contributed by atoms with Gasteiger partial charge in [-0.3, -0.25) is 0 Å². The molecule has 0 saturated carbocycles. The summed E-state index contributed by atoms with van der Waals surface area (Å²) in [5.74, 6) is 0. The van der Waals surface area contributed by atoms with Crippen LogP contribution in [0.1, 0.15) is 0 Å². The minimum atomic E-state index is -3.86. The van der Waals surface area contributed by atoms with Gasteiger partial charge in [0.15, 0.2) is 0 Å². The molecule has 19 heavy (non-hydrogen) atoms. The van der Waals surface area contributed by atoms with E-state index in [9.17, 15) is 8.42 Å². The van der Waals surface area contributed by atoms with Crippen molar-refractivity contribution in [2.24, 2.45) is 5.14 Å². The molecule has 5 nitrogen and oxygen atoms in total. The topological polar surface area (TPSA) is 98.2 Å². The number of nitrogens with one attached hydrogen (secondary N) is 1. The number of sulfonamides is 1. The highest BCUT2D eigenvalue weighted by atomic mass is 35.5. The van der Waals surface area contributed by atoms with Crippen LogP contribution >= 0.6 is 11.6 Å². The predicted molar refractivity (Wildman–Crippen MR) is 77.0 cm³/mol. The lowest BCUT2D eigenvalue weighted by Crippen LogP contribution is -2.14. The number of primary sulfonamides is 1. The van der Waals surface area contributed by atoms with Crippen LogP contribution in [0.3, 0.4) is 0 Å². The number of halogens is 1. The molecule has 2 aromatic carbocycles. The number of hydrogen-bond donors (Lipinski definition) is 3. The maximum atomic E-state index is 11.5. The van der Waals surface area contributed by atoms with E-state index in [0.717, 1.165) is 0 Å². The summed E-state index contributed by atoms with van der Waals surface area (Å²) >= 11 is 5.86. The number of nitrogens with two attached hydrogens (primary N) is 2. The molecule has 2 aromatic rings. The summed E-state index contributed by atoms with van der Waals surface area (Å²) in [6.45, 7) is 0. The molecule has 0 aliphatic carbocycles. The van der Waals surface area contributed by atoms with Crippen LogP contribution in [0, 0.1) is 0 Å². The maximum absolute atomic E-state index is 11.5. The number of nitrogen functional groups attached to an aromatic ring is 1. The third-order valence-corrected chi connectivity index (χ3v) is 3.60. The molecule has 0 atom stereocenters. The van der Waals surface area contributed by atoms with Crippen molar-refractivity contribution in [3.63, 3.8) is 0 Å². The molecule has 0 bridgehead atoms. The van der Waals surface area contributed by atoms with Gasteiger partial charge in [0.05, 0.1) is 5.69 Å². The van der Waals surface area contributed by atoms with Gasteiger partial charge in [0, 0.05) is 16.4 Å². The molecule has 0 saturated heterocycles. The Morgan fingerprint density at radius 1 is 1.11 bits per heavy atom. The lowest BCUT2D eigenvalue weighted by molar-refractivity contribution is 0.598. The van der Waals surface area contributed by atoms with Gasteiger partial charge >= 0.3 is 0 Å². The van der Waals surface area contributed by atoms with Gasteiger partial charge in [0.2, 0.25) is 10.0 Å². The van der Waals surface area contributed by atoms with Gasteiger partial charge in [0.1, 0.15) is 4.90 Å². The smallest absolute Gasteiger partial charge is 0.240 e. The SMILES string of the molecule is Nc1ccc(Nc2cccc(Cl)c2)c(S(N)(=O)=O)c1. The van der Waals surface area contributed by atoms with Crippen molar-refractivity contribution < 1.29 is 8.42 Å². The van der Waals surface area contributed by atoms with Crippen LogP contribution in [0.4, 0.5) is 17.1 Å². The largest absolute Gasteiger partial charge is 0.399 e. The molecule has 2 rings (SSSR count). The molecule has 0 fully saturated rings. The van der Waals surface area contributed by atoms with Crippen molar-refractivity contribution in [3.8, 4) is 0 Å². The van der Waals surface area contributed by atoms with Crippen LogP contribution in [0.2, 0.25) is 5.02 Å². The second-order valence-electron chi connectivity index (χ2n) is 3.94. The highest BCUT2D eigenvalue weighted by Crippen LogP contribution is 2.27. The van der Waals surface area contributed by atoms with Crippen LogP contribution in [-0.4, -0.2) is 8.42 Å². The zero-order chi connectivity index (χ0) is 14.0. The van der Waals surface area contributed by atoms with Crippen LogP contribution in [-0.2, 0) is 10.0 Å². The summed E-state index contributed by atoms with van der Waals surface area (Å²) in [5, 5.41) is 8.65. The quantitative estimate of drug-likeness (QED) is 0.757. The van der Waals surface area contributed by atoms with E-state index in [1.54, 1.807) is 36.4 Å². The van der Waals surface area contributed by atoms with Crippen LogP contribution in [0.15, 0.2) is 47.4 Å². The maximum Gasteiger partial charge on any atom is 0.240 e. The van der Waals surface area contributed by atoms with Gasteiger partial charge in [-0.25, -0.2) is 13.6 Å². The van der Waals surface area contributed by atoms with Crippen LogP contribution in [0.25, 0.3) is 0 Å². The molecule has 0 aromatic heterocycles. The highest BCUT2D eigenvalue weighted by molar-refractivity contribution is 7.89. The Morgan fingerprint density at radius 3 is 2.47 bits per heavy atom. The fourth-order valence-corrected chi connectivity index (χ4v) is 2.52. The predicted octanol–water partition coefficient (Wildman–Crippen LogP) is 2.31. The number of anilines is 3. The summed E-state index contributed by atoms with van der Waals surface area (Å²) in [7, 11) is -3.86. The second-order valence-corrected chi connectivity index (χ2v) is 5.90. The van der Waals surface area contributed by atoms with Gasteiger partial charge < -0.3 is 11.1 Å². The molecule has 0 spiro atoms. The molecule has 5 N–H and O–H groups in total. The molecule has 0 unspecified atom stereocenters. The Morgan fingerprint density at radius 2 is 1.84 bits per heavy atom. The van der Waals surface area contributed by atoms with E-state index in [1.165, 1.54) is 6.07 Å². The molecule has 0 heterocycles. The van der Waals surface area contributed by atoms with E-state index in [-0.39, 0.29) is 4.90 Å². The van der Waals surface area contributed by atoms with E-state index in [4.69, 9.17) is 22.5 Å². The number of rotatable bonds is 3. The van der Waals surface area contributed by atoms with E-state index in [2.05, 4.69) is 5.32 Å². The van der Waals surface area contributed by atoms with E-state index in [1.807, 2.05) is 0 Å². The highest BCUT2D eigenvalue weighted by Gasteiger charge is 2.14.